The standard InChI is InChI=1S/C22H17ClN2O4/c23-18-11-21-20(28-14-29-21)10-16(18)12-24-25-22(26)13-27-19-9-5-4-8-17(19)15-6-2-1-3-7-15/h1-12H,13-14H2,(H,25,26). The molecule has 0 saturated heterocycles. The van der Waals surface area contributed by atoms with E-state index < -0.39 is 0 Å². The van der Waals surface area contributed by atoms with Gasteiger partial charge in [0.2, 0.25) is 6.79 Å². The van der Waals surface area contributed by atoms with E-state index in [4.69, 9.17) is 25.8 Å². The number of carbonyl (C=O) groups is 1. The highest BCUT2D eigenvalue weighted by atomic mass is 35.5. The van der Waals surface area contributed by atoms with Crippen LogP contribution in [-0.4, -0.2) is 25.5 Å². The van der Waals surface area contributed by atoms with Gasteiger partial charge in [0.15, 0.2) is 18.1 Å². The number of rotatable bonds is 6. The van der Waals surface area contributed by atoms with Crippen LogP contribution in [0.1, 0.15) is 5.56 Å². The van der Waals surface area contributed by atoms with Gasteiger partial charge in [0, 0.05) is 17.2 Å². The lowest BCUT2D eigenvalue weighted by Gasteiger charge is -2.10. The predicted octanol–water partition coefficient (Wildman–Crippen LogP) is 4.26. The minimum atomic E-state index is -0.388. The third-order valence-electron chi connectivity index (χ3n) is 4.22. The summed E-state index contributed by atoms with van der Waals surface area (Å²) >= 11 is 6.18. The number of nitrogens with one attached hydrogen (secondary N) is 1. The normalized spacial score (nSPS) is 12.2. The van der Waals surface area contributed by atoms with E-state index in [1.807, 2.05) is 54.6 Å². The number of halogens is 1. The van der Waals surface area contributed by atoms with Crippen LogP contribution in [0.3, 0.4) is 0 Å². The zero-order valence-corrected chi connectivity index (χ0v) is 16.1. The lowest BCUT2D eigenvalue weighted by Crippen LogP contribution is -2.24. The third kappa shape index (κ3) is 4.50. The molecule has 3 aromatic carbocycles. The van der Waals surface area contributed by atoms with Gasteiger partial charge in [-0.15, -0.1) is 0 Å². The Morgan fingerprint density at radius 3 is 2.62 bits per heavy atom. The minimum Gasteiger partial charge on any atom is -0.483 e. The average Bonchev–Trinajstić information content (AvgIpc) is 3.20. The van der Waals surface area contributed by atoms with Crippen molar-refractivity contribution in [2.24, 2.45) is 5.10 Å². The smallest absolute Gasteiger partial charge is 0.277 e. The molecular formula is C22H17ClN2O4. The lowest BCUT2D eigenvalue weighted by atomic mass is 10.1. The molecule has 0 bridgehead atoms. The van der Waals surface area contributed by atoms with E-state index in [1.54, 1.807) is 12.1 Å². The molecule has 146 valence electrons. The molecule has 1 aliphatic heterocycles. The summed E-state index contributed by atoms with van der Waals surface area (Å²) in [6.45, 7) is -0.0130. The number of nitrogens with zero attached hydrogens (tertiary/aromatic N) is 1. The summed E-state index contributed by atoms with van der Waals surface area (Å²) in [6, 6.07) is 20.7. The van der Waals surface area contributed by atoms with E-state index in [2.05, 4.69) is 10.5 Å². The van der Waals surface area contributed by atoms with Gasteiger partial charge >= 0.3 is 0 Å². The van der Waals surface area contributed by atoms with Gasteiger partial charge < -0.3 is 14.2 Å². The minimum absolute atomic E-state index is 0.158. The van der Waals surface area contributed by atoms with E-state index in [9.17, 15) is 4.79 Å². The molecular weight excluding hydrogens is 392 g/mol. The van der Waals surface area contributed by atoms with Gasteiger partial charge in [-0.3, -0.25) is 4.79 Å². The first-order valence-corrected chi connectivity index (χ1v) is 9.27. The van der Waals surface area contributed by atoms with E-state index in [-0.39, 0.29) is 19.3 Å². The molecule has 0 radical (unpaired) electrons. The second-order valence-corrected chi connectivity index (χ2v) is 6.58. The van der Waals surface area contributed by atoms with E-state index in [0.29, 0.717) is 27.8 Å². The van der Waals surface area contributed by atoms with Crippen LogP contribution >= 0.6 is 11.6 Å². The van der Waals surface area contributed by atoms with Crippen molar-refractivity contribution in [3.8, 4) is 28.4 Å². The highest BCUT2D eigenvalue weighted by Crippen LogP contribution is 2.36. The second-order valence-electron chi connectivity index (χ2n) is 6.17. The molecule has 0 unspecified atom stereocenters. The van der Waals surface area contributed by atoms with Gasteiger partial charge in [-0.05, 0) is 17.7 Å². The Labute approximate surface area is 172 Å². The highest BCUT2D eigenvalue weighted by Gasteiger charge is 2.15. The summed E-state index contributed by atoms with van der Waals surface area (Å²) in [7, 11) is 0. The van der Waals surface area contributed by atoms with Gasteiger partial charge in [-0.25, -0.2) is 5.43 Å². The fourth-order valence-corrected chi connectivity index (χ4v) is 3.03. The largest absolute Gasteiger partial charge is 0.483 e. The maximum atomic E-state index is 12.1. The highest BCUT2D eigenvalue weighted by molar-refractivity contribution is 6.33. The van der Waals surface area contributed by atoms with Gasteiger partial charge in [0.25, 0.3) is 5.91 Å². The number of carbonyl (C=O) groups excluding carboxylic acids is 1. The summed E-state index contributed by atoms with van der Waals surface area (Å²) in [6.07, 6.45) is 1.44. The molecule has 6 nitrogen and oxygen atoms in total. The number of hydrogen-bond donors (Lipinski definition) is 1. The van der Waals surface area contributed by atoms with Crippen molar-refractivity contribution < 1.29 is 19.0 Å². The quantitative estimate of drug-likeness (QED) is 0.488. The number of para-hydroxylation sites is 1. The summed E-state index contributed by atoms with van der Waals surface area (Å²) in [5, 5.41) is 4.38. The van der Waals surface area contributed by atoms with E-state index in [0.717, 1.165) is 11.1 Å². The van der Waals surface area contributed by atoms with Crippen LogP contribution < -0.4 is 19.6 Å². The molecule has 4 rings (SSSR count). The summed E-state index contributed by atoms with van der Waals surface area (Å²) < 4.78 is 16.3. The van der Waals surface area contributed by atoms with Crippen LogP contribution in [0, 0.1) is 0 Å². The Kier molecular flexibility index (Phi) is 5.63. The molecule has 1 aliphatic rings. The van der Waals surface area contributed by atoms with Gasteiger partial charge in [-0.2, -0.15) is 5.10 Å². The number of ether oxygens (including phenoxy) is 3. The van der Waals surface area contributed by atoms with E-state index in [1.165, 1.54) is 6.21 Å². The molecule has 7 heteroatoms. The molecule has 0 atom stereocenters. The molecule has 1 amide bonds. The van der Waals surface area contributed by atoms with Crippen LogP contribution in [0.25, 0.3) is 11.1 Å². The number of fused-ring (bicyclic) bond motifs is 1. The van der Waals surface area contributed by atoms with Gasteiger partial charge in [0.05, 0.1) is 11.2 Å². The van der Waals surface area contributed by atoms with Crippen LogP contribution in [-0.2, 0) is 4.79 Å². The summed E-state index contributed by atoms with van der Waals surface area (Å²) in [5.41, 5.74) is 4.96. The molecule has 0 aliphatic carbocycles. The van der Waals surface area contributed by atoms with Crippen LogP contribution in [0.15, 0.2) is 71.8 Å². The van der Waals surface area contributed by atoms with Crippen molar-refractivity contribution in [3.63, 3.8) is 0 Å². The molecule has 29 heavy (non-hydrogen) atoms. The van der Waals surface area contributed by atoms with E-state index >= 15 is 0 Å². The van der Waals surface area contributed by atoms with Crippen molar-refractivity contribution in [3.05, 3.63) is 77.3 Å². The molecule has 3 aromatic rings. The van der Waals surface area contributed by atoms with Gasteiger partial charge in [0.1, 0.15) is 5.75 Å². The van der Waals surface area contributed by atoms with Crippen LogP contribution in [0.4, 0.5) is 0 Å². The SMILES string of the molecule is O=C(COc1ccccc1-c1ccccc1)NN=Cc1cc2c(cc1Cl)OCO2. The van der Waals surface area contributed by atoms with Crippen LogP contribution in [0.5, 0.6) is 17.2 Å². The molecule has 0 saturated carbocycles. The topological polar surface area (TPSA) is 69.2 Å². The van der Waals surface area contributed by atoms with Crippen molar-refractivity contribution >= 4 is 23.7 Å². The maximum absolute atomic E-state index is 12.1. The molecule has 1 heterocycles. The Bertz CT molecular complexity index is 1050. The first-order valence-electron chi connectivity index (χ1n) is 8.89. The first-order chi connectivity index (χ1) is 14.2. The Morgan fingerprint density at radius 1 is 1.07 bits per heavy atom. The predicted molar refractivity (Wildman–Crippen MR) is 111 cm³/mol. The Morgan fingerprint density at radius 2 is 1.79 bits per heavy atom. The number of hydrazone groups is 1. The fraction of sp³-hybridized carbons (Fsp3) is 0.0909. The summed E-state index contributed by atoms with van der Waals surface area (Å²) in [5.74, 6) is 1.40. The first kappa shape index (κ1) is 18.8. The monoisotopic (exact) mass is 408 g/mol. The zero-order chi connectivity index (χ0) is 20.1. The molecule has 0 spiro atoms. The van der Waals surface area contributed by atoms with Gasteiger partial charge in [-0.1, -0.05) is 60.1 Å². The average molecular weight is 409 g/mol. The zero-order valence-electron chi connectivity index (χ0n) is 15.3. The maximum Gasteiger partial charge on any atom is 0.277 e. The van der Waals surface area contributed by atoms with Crippen LogP contribution in [0.2, 0.25) is 5.02 Å². The fourth-order valence-electron chi connectivity index (χ4n) is 2.83. The van der Waals surface area contributed by atoms with Crippen molar-refractivity contribution in [1.29, 1.82) is 0 Å². The summed E-state index contributed by atoms with van der Waals surface area (Å²) in [4.78, 5) is 12.1. The number of amides is 1. The third-order valence-corrected chi connectivity index (χ3v) is 4.54. The molecule has 0 fully saturated rings. The Hall–Kier alpha value is -3.51. The Balaban J connectivity index is 1.36. The van der Waals surface area contributed by atoms with Crippen molar-refractivity contribution in [2.45, 2.75) is 0 Å². The number of hydrogen-bond acceptors (Lipinski definition) is 5. The second kappa shape index (κ2) is 8.67. The lowest BCUT2D eigenvalue weighted by molar-refractivity contribution is -0.123. The molecule has 0 aromatic heterocycles. The number of benzene rings is 3. The van der Waals surface area contributed by atoms with Crippen molar-refractivity contribution in [1.82, 2.24) is 5.43 Å². The van der Waals surface area contributed by atoms with Crippen molar-refractivity contribution in [2.75, 3.05) is 13.4 Å². The molecule has 1 N–H and O–H groups in total.